The van der Waals surface area contributed by atoms with E-state index in [1.54, 1.807) is 6.26 Å². The molecular weight excluding hydrogens is 308 g/mol. The predicted octanol–water partition coefficient (Wildman–Crippen LogP) is 2.84. The van der Waals surface area contributed by atoms with Crippen LogP contribution >= 0.6 is 0 Å². The van der Waals surface area contributed by atoms with E-state index in [4.69, 9.17) is 0 Å². The van der Waals surface area contributed by atoms with Gasteiger partial charge in [0.15, 0.2) is 0 Å². The molecule has 0 bridgehead atoms. The molecule has 124 valence electrons. The number of benzene rings is 2. The molecule has 5 heteroatoms. The number of urea groups is 1. The van der Waals surface area contributed by atoms with E-state index in [0.717, 1.165) is 6.42 Å². The summed E-state index contributed by atoms with van der Waals surface area (Å²) in [7, 11) is -0.912. The Morgan fingerprint density at radius 1 is 1.04 bits per heavy atom. The molecule has 0 aromatic heterocycles. The predicted molar refractivity (Wildman–Crippen MR) is 97.2 cm³/mol. The summed E-state index contributed by atoms with van der Waals surface area (Å²) in [6.07, 6.45) is 2.41. The van der Waals surface area contributed by atoms with Crippen LogP contribution in [-0.4, -0.2) is 34.3 Å². The highest BCUT2D eigenvalue weighted by Crippen LogP contribution is 2.16. The van der Waals surface area contributed by atoms with Gasteiger partial charge in [-0.2, -0.15) is 0 Å². The molecule has 2 aromatic rings. The topological polar surface area (TPSA) is 58.2 Å². The summed E-state index contributed by atoms with van der Waals surface area (Å²) < 4.78 is 11.1. The Balaban J connectivity index is 1.89. The molecule has 0 spiro atoms. The van der Waals surface area contributed by atoms with Crippen LogP contribution in [0.4, 0.5) is 4.79 Å². The van der Waals surface area contributed by atoms with Gasteiger partial charge in [-0.1, -0.05) is 42.5 Å². The van der Waals surface area contributed by atoms with Crippen molar-refractivity contribution in [1.29, 1.82) is 0 Å². The Hall–Kier alpha value is -1.88. The van der Waals surface area contributed by atoms with Crippen molar-refractivity contribution < 1.29 is 9.00 Å². The Labute approximate surface area is 140 Å². The van der Waals surface area contributed by atoms with Crippen molar-refractivity contribution in [3.8, 4) is 0 Å². The first kappa shape index (κ1) is 17.5. The summed E-state index contributed by atoms with van der Waals surface area (Å²) in [5.74, 6) is 0.465. The maximum absolute atomic E-state index is 11.9. The van der Waals surface area contributed by atoms with Gasteiger partial charge in [0.1, 0.15) is 0 Å². The zero-order valence-electron chi connectivity index (χ0n) is 13.8. The van der Waals surface area contributed by atoms with Crippen LogP contribution in [0.2, 0.25) is 0 Å². The number of carbonyl (C=O) groups is 1. The smallest absolute Gasteiger partial charge is 0.315 e. The van der Waals surface area contributed by atoms with E-state index in [1.807, 2.05) is 26.0 Å². The monoisotopic (exact) mass is 332 g/mol. The fourth-order valence-corrected chi connectivity index (χ4v) is 3.44. The minimum Gasteiger partial charge on any atom is -0.335 e. The van der Waals surface area contributed by atoms with Crippen molar-refractivity contribution in [3.63, 3.8) is 0 Å². The lowest BCUT2D eigenvalue weighted by atomic mass is 10.0. The third-order valence-corrected chi connectivity index (χ3v) is 4.56. The van der Waals surface area contributed by atoms with Crippen molar-refractivity contribution in [1.82, 2.24) is 10.6 Å². The molecule has 0 heterocycles. The van der Waals surface area contributed by atoms with Crippen LogP contribution in [0, 0.1) is 0 Å². The number of amides is 2. The van der Waals surface area contributed by atoms with Gasteiger partial charge in [-0.25, -0.2) is 4.79 Å². The molecule has 2 N–H and O–H groups in total. The van der Waals surface area contributed by atoms with E-state index < -0.39 is 10.8 Å². The average molecular weight is 332 g/mol. The lowest BCUT2D eigenvalue weighted by Crippen LogP contribution is -2.46. The van der Waals surface area contributed by atoms with E-state index in [-0.39, 0.29) is 18.1 Å². The van der Waals surface area contributed by atoms with E-state index in [2.05, 4.69) is 41.0 Å². The van der Waals surface area contributed by atoms with E-state index in [0.29, 0.717) is 5.75 Å². The van der Waals surface area contributed by atoms with Gasteiger partial charge < -0.3 is 10.6 Å². The molecule has 0 fully saturated rings. The Morgan fingerprint density at radius 2 is 1.70 bits per heavy atom. The molecule has 0 aliphatic carbocycles. The van der Waals surface area contributed by atoms with Gasteiger partial charge in [0.05, 0.1) is 0 Å². The SMILES string of the molecule is C[C@H](Cc1ccc2ccccc2c1)NC(=O)N[C@@H](C)C[S@](C)=O. The van der Waals surface area contributed by atoms with Crippen molar-refractivity contribution in [2.75, 3.05) is 12.0 Å². The first-order valence-corrected chi connectivity index (χ1v) is 9.51. The fourth-order valence-electron chi connectivity index (χ4n) is 2.65. The van der Waals surface area contributed by atoms with Crippen molar-refractivity contribution in [2.24, 2.45) is 0 Å². The number of carbonyl (C=O) groups excluding carboxylic acids is 1. The van der Waals surface area contributed by atoms with E-state index >= 15 is 0 Å². The summed E-state index contributed by atoms with van der Waals surface area (Å²) in [6.45, 7) is 3.84. The molecule has 23 heavy (non-hydrogen) atoms. The molecule has 0 saturated heterocycles. The highest BCUT2D eigenvalue weighted by Gasteiger charge is 2.12. The molecule has 2 rings (SSSR count). The summed E-state index contributed by atoms with van der Waals surface area (Å²) in [4.78, 5) is 11.9. The Bertz CT molecular complexity index is 702. The third kappa shape index (κ3) is 5.67. The molecule has 2 amide bonds. The van der Waals surface area contributed by atoms with Crippen LogP contribution in [0.25, 0.3) is 10.8 Å². The summed E-state index contributed by atoms with van der Waals surface area (Å²) in [5.41, 5.74) is 1.19. The minimum absolute atomic E-state index is 0.0236. The van der Waals surface area contributed by atoms with Crippen LogP contribution in [0.1, 0.15) is 19.4 Å². The zero-order chi connectivity index (χ0) is 16.8. The quantitative estimate of drug-likeness (QED) is 0.854. The highest BCUT2D eigenvalue weighted by molar-refractivity contribution is 7.84. The van der Waals surface area contributed by atoms with Crippen LogP contribution in [0.5, 0.6) is 0 Å². The van der Waals surface area contributed by atoms with Gasteiger partial charge in [-0.15, -0.1) is 0 Å². The lowest BCUT2D eigenvalue weighted by molar-refractivity contribution is 0.235. The molecule has 0 aliphatic rings. The van der Waals surface area contributed by atoms with Crippen molar-refractivity contribution >= 4 is 27.6 Å². The average Bonchev–Trinajstić information content (AvgIpc) is 2.45. The maximum Gasteiger partial charge on any atom is 0.315 e. The second kappa shape index (κ2) is 8.11. The Kier molecular flexibility index (Phi) is 6.16. The lowest BCUT2D eigenvalue weighted by Gasteiger charge is -2.18. The van der Waals surface area contributed by atoms with Gasteiger partial charge >= 0.3 is 6.03 Å². The van der Waals surface area contributed by atoms with Crippen LogP contribution in [0.15, 0.2) is 42.5 Å². The van der Waals surface area contributed by atoms with Crippen molar-refractivity contribution in [2.45, 2.75) is 32.4 Å². The number of hydrogen-bond donors (Lipinski definition) is 2. The molecule has 4 nitrogen and oxygen atoms in total. The second-order valence-electron chi connectivity index (χ2n) is 6.05. The zero-order valence-corrected chi connectivity index (χ0v) is 14.7. The summed E-state index contributed by atoms with van der Waals surface area (Å²) in [6, 6.07) is 14.3. The third-order valence-electron chi connectivity index (χ3n) is 3.60. The fraction of sp³-hybridized carbons (Fsp3) is 0.389. The first-order chi connectivity index (χ1) is 10.9. The molecular formula is C18H24N2O2S. The van der Waals surface area contributed by atoms with E-state index in [1.165, 1.54) is 16.3 Å². The molecule has 0 unspecified atom stereocenters. The van der Waals surface area contributed by atoms with Crippen LogP contribution < -0.4 is 10.6 Å². The first-order valence-electron chi connectivity index (χ1n) is 7.79. The number of nitrogens with one attached hydrogen (secondary N) is 2. The Morgan fingerprint density at radius 3 is 2.39 bits per heavy atom. The molecule has 3 atom stereocenters. The molecule has 0 saturated carbocycles. The van der Waals surface area contributed by atoms with Gasteiger partial charge in [0.25, 0.3) is 0 Å². The van der Waals surface area contributed by atoms with Crippen LogP contribution in [-0.2, 0) is 17.2 Å². The molecule has 2 aromatic carbocycles. The standard InChI is InChI=1S/C18H24N2O2S/c1-13(19-18(21)20-14(2)12-23(3)22)10-15-8-9-16-6-4-5-7-17(16)11-15/h4-9,11,13-14H,10,12H2,1-3H3,(H2,19,20,21)/t13-,14+,23+/m1/s1. The van der Waals surface area contributed by atoms with Gasteiger partial charge in [0, 0.05) is 34.9 Å². The number of rotatable bonds is 6. The highest BCUT2D eigenvalue weighted by atomic mass is 32.2. The number of fused-ring (bicyclic) bond motifs is 1. The summed E-state index contributed by atoms with van der Waals surface area (Å²) in [5, 5.41) is 8.17. The van der Waals surface area contributed by atoms with Crippen molar-refractivity contribution in [3.05, 3.63) is 48.0 Å². The minimum atomic E-state index is -0.912. The largest absolute Gasteiger partial charge is 0.335 e. The second-order valence-corrected chi connectivity index (χ2v) is 7.53. The maximum atomic E-state index is 11.9. The van der Waals surface area contributed by atoms with Gasteiger partial charge in [0.2, 0.25) is 0 Å². The summed E-state index contributed by atoms with van der Waals surface area (Å²) >= 11 is 0. The molecule has 0 radical (unpaired) electrons. The molecule has 0 aliphatic heterocycles. The normalized spacial score (nSPS) is 14.9. The van der Waals surface area contributed by atoms with Gasteiger partial charge in [-0.05, 0) is 36.6 Å². The van der Waals surface area contributed by atoms with E-state index in [9.17, 15) is 9.00 Å². The van der Waals surface area contributed by atoms with Crippen LogP contribution in [0.3, 0.4) is 0 Å². The van der Waals surface area contributed by atoms with Gasteiger partial charge in [-0.3, -0.25) is 4.21 Å². The number of hydrogen-bond acceptors (Lipinski definition) is 2.